The highest BCUT2D eigenvalue weighted by molar-refractivity contribution is 5.82. The zero-order valence-corrected chi connectivity index (χ0v) is 14.9. The summed E-state index contributed by atoms with van der Waals surface area (Å²) in [6.07, 6.45) is 2.08. The molecule has 1 amide bonds. The Morgan fingerprint density at radius 1 is 1.35 bits per heavy atom. The predicted molar refractivity (Wildman–Crippen MR) is 90.9 cm³/mol. The molecule has 0 aromatic carbocycles. The first kappa shape index (κ1) is 17.9. The fraction of sp³-hybridized carbons (Fsp3) is 0.667. The van der Waals surface area contributed by atoms with Crippen molar-refractivity contribution in [2.24, 2.45) is 5.92 Å². The van der Waals surface area contributed by atoms with Crippen molar-refractivity contribution in [3.63, 3.8) is 0 Å². The molecule has 0 aliphatic carbocycles. The summed E-state index contributed by atoms with van der Waals surface area (Å²) in [4.78, 5) is 21.4. The second-order valence-electron chi connectivity index (χ2n) is 6.92. The quantitative estimate of drug-likeness (QED) is 0.834. The number of hydrogen-bond acceptors (Lipinski definition) is 4. The zero-order chi connectivity index (χ0) is 17.0. The Kier molecular flexibility index (Phi) is 6.13. The van der Waals surface area contributed by atoms with Crippen molar-refractivity contribution in [3.05, 3.63) is 30.1 Å². The summed E-state index contributed by atoms with van der Waals surface area (Å²) in [7, 11) is 1.86. The van der Waals surface area contributed by atoms with E-state index in [2.05, 4.69) is 37.6 Å². The Bertz CT molecular complexity index is 496. The van der Waals surface area contributed by atoms with Crippen molar-refractivity contribution in [3.8, 4) is 0 Å². The Hall–Kier alpha value is -1.46. The number of nitrogens with zero attached hydrogens (tertiary/aromatic N) is 3. The Labute approximate surface area is 139 Å². The summed E-state index contributed by atoms with van der Waals surface area (Å²) in [5, 5.41) is 0. The maximum Gasteiger partial charge on any atom is 0.240 e. The minimum Gasteiger partial charge on any atom is -0.373 e. The standard InChI is InChI=1S/C18H29N3O2/c1-13(2)17(21-10-14(3)23-15(4)11-21)18(22)20(5)12-16-8-6-7-9-19-16/h6-9,13-15,17H,10-12H2,1-5H3. The van der Waals surface area contributed by atoms with E-state index in [-0.39, 0.29) is 30.1 Å². The maximum absolute atomic E-state index is 13.0. The Morgan fingerprint density at radius 3 is 2.52 bits per heavy atom. The topological polar surface area (TPSA) is 45.7 Å². The summed E-state index contributed by atoms with van der Waals surface area (Å²) >= 11 is 0. The van der Waals surface area contributed by atoms with Gasteiger partial charge in [0.1, 0.15) is 0 Å². The fourth-order valence-corrected chi connectivity index (χ4v) is 3.35. The number of likely N-dealkylation sites (N-methyl/N-ethyl adjacent to an activating group) is 1. The molecule has 0 saturated carbocycles. The second-order valence-corrected chi connectivity index (χ2v) is 6.92. The third-order valence-electron chi connectivity index (χ3n) is 4.23. The van der Waals surface area contributed by atoms with Crippen molar-refractivity contribution >= 4 is 5.91 Å². The molecule has 1 aliphatic rings. The molecular formula is C18H29N3O2. The van der Waals surface area contributed by atoms with Crippen LogP contribution in [-0.2, 0) is 16.1 Å². The van der Waals surface area contributed by atoms with Crippen LogP contribution in [0.2, 0.25) is 0 Å². The van der Waals surface area contributed by atoms with E-state index >= 15 is 0 Å². The molecule has 1 fully saturated rings. The lowest BCUT2D eigenvalue weighted by Crippen LogP contribution is -2.57. The van der Waals surface area contributed by atoms with E-state index in [1.54, 1.807) is 11.1 Å². The molecule has 3 unspecified atom stereocenters. The molecule has 23 heavy (non-hydrogen) atoms. The van der Waals surface area contributed by atoms with Gasteiger partial charge < -0.3 is 9.64 Å². The van der Waals surface area contributed by atoms with Crippen LogP contribution in [0.3, 0.4) is 0 Å². The van der Waals surface area contributed by atoms with Crippen LogP contribution in [0.5, 0.6) is 0 Å². The third-order valence-corrected chi connectivity index (χ3v) is 4.23. The number of carbonyl (C=O) groups excluding carboxylic acids is 1. The highest BCUT2D eigenvalue weighted by Crippen LogP contribution is 2.20. The van der Waals surface area contributed by atoms with Gasteiger partial charge in [-0.3, -0.25) is 14.7 Å². The van der Waals surface area contributed by atoms with Gasteiger partial charge in [-0.25, -0.2) is 0 Å². The van der Waals surface area contributed by atoms with Crippen molar-refractivity contribution in [1.29, 1.82) is 0 Å². The lowest BCUT2D eigenvalue weighted by molar-refractivity contribution is -0.144. The van der Waals surface area contributed by atoms with Gasteiger partial charge in [-0.1, -0.05) is 19.9 Å². The molecule has 2 heterocycles. The van der Waals surface area contributed by atoms with Crippen molar-refractivity contribution in [2.75, 3.05) is 20.1 Å². The number of hydrogen-bond donors (Lipinski definition) is 0. The summed E-state index contributed by atoms with van der Waals surface area (Å²) < 4.78 is 5.81. The van der Waals surface area contributed by atoms with Crippen molar-refractivity contribution in [1.82, 2.24) is 14.8 Å². The molecule has 1 aliphatic heterocycles. The molecule has 1 aromatic rings. The number of aromatic nitrogens is 1. The molecule has 0 bridgehead atoms. The van der Waals surface area contributed by atoms with Gasteiger partial charge in [0.25, 0.3) is 0 Å². The molecule has 5 heteroatoms. The van der Waals surface area contributed by atoms with Crippen LogP contribution in [0.1, 0.15) is 33.4 Å². The molecule has 5 nitrogen and oxygen atoms in total. The molecule has 2 rings (SSSR count). The van der Waals surface area contributed by atoms with E-state index in [1.807, 2.05) is 25.2 Å². The number of ether oxygens (including phenoxy) is 1. The molecule has 0 radical (unpaired) electrons. The minimum absolute atomic E-state index is 0.113. The maximum atomic E-state index is 13.0. The monoisotopic (exact) mass is 319 g/mol. The summed E-state index contributed by atoms with van der Waals surface area (Å²) in [5.41, 5.74) is 0.912. The molecule has 0 N–H and O–H groups in total. The smallest absolute Gasteiger partial charge is 0.240 e. The van der Waals surface area contributed by atoms with E-state index in [0.29, 0.717) is 6.54 Å². The largest absolute Gasteiger partial charge is 0.373 e. The minimum atomic E-state index is -0.113. The van der Waals surface area contributed by atoms with Gasteiger partial charge >= 0.3 is 0 Å². The van der Waals surface area contributed by atoms with Gasteiger partial charge in [-0.2, -0.15) is 0 Å². The van der Waals surface area contributed by atoms with E-state index in [9.17, 15) is 4.79 Å². The van der Waals surface area contributed by atoms with E-state index in [1.165, 1.54) is 0 Å². The molecule has 1 saturated heterocycles. The van der Waals surface area contributed by atoms with Crippen molar-refractivity contribution in [2.45, 2.75) is 52.5 Å². The molecule has 1 aromatic heterocycles. The molecule has 3 atom stereocenters. The zero-order valence-electron chi connectivity index (χ0n) is 14.9. The number of rotatable bonds is 5. The Balaban J connectivity index is 2.08. The summed E-state index contributed by atoms with van der Waals surface area (Å²) in [6, 6.07) is 5.68. The van der Waals surface area contributed by atoms with Crippen molar-refractivity contribution < 1.29 is 9.53 Å². The average Bonchev–Trinajstić information content (AvgIpc) is 2.46. The molecule has 0 spiro atoms. The number of amides is 1. The van der Waals surface area contributed by atoms with Crippen LogP contribution >= 0.6 is 0 Å². The number of carbonyl (C=O) groups is 1. The van der Waals surface area contributed by atoms with Gasteiger partial charge in [0.05, 0.1) is 30.5 Å². The van der Waals surface area contributed by atoms with E-state index in [4.69, 9.17) is 4.74 Å². The second kappa shape index (κ2) is 7.88. The normalized spacial score (nSPS) is 23.7. The van der Waals surface area contributed by atoms with Crippen LogP contribution in [0.25, 0.3) is 0 Å². The lowest BCUT2D eigenvalue weighted by Gasteiger charge is -2.42. The van der Waals surface area contributed by atoms with Crippen LogP contribution in [0.4, 0.5) is 0 Å². The number of morpholine rings is 1. The SMILES string of the molecule is CC1CN(C(C(=O)N(C)Cc2ccccn2)C(C)C)CC(C)O1. The predicted octanol–water partition coefficient (Wildman–Crippen LogP) is 2.17. The first-order chi connectivity index (χ1) is 10.9. The highest BCUT2D eigenvalue weighted by atomic mass is 16.5. The first-order valence-corrected chi connectivity index (χ1v) is 8.43. The molecular weight excluding hydrogens is 290 g/mol. The van der Waals surface area contributed by atoms with E-state index < -0.39 is 0 Å². The van der Waals surface area contributed by atoms with E-state index in [0.717, 1.165) is 18.8 Å². The third kappa shape index (κ3) is 4.75. The van der Waals surface area contributed by atoms with Gasteiger partial charge in [0, 0.05) is 26.3 Å². The lowest BCUT2D eigenvalue weighted by atomic mass is 9.99. The summed E-state index contributed by atoms with van der Waals surface area (Å²) in [6.45, 7) is 10.5. The van der Waals surface area contributed by atoms with Gasteiger partial charge in [0.2, 0.25) is 5.91 Å². The van der Waals surface area contributed by atoms with Crippen LogP contribution in [-0.4, -0.2) is 59.1 Å². The fourth-order valence-electron chi connectivity index (χ4n) is 3.35. The first-order valence-electron chi connectivity index (χ1n) is 8.43. The van der Waals surface area contributed by atoms with Gasteiger partial charge in [0.15, 0.2) is 0 Å². The summed E-state index contributed by atoms with van der Waals surface area (Å²) in [5.74, 6) is 0.415. The Morgan fingerprint density at radius 2 is 2.00 bits per heavy atom. The van der Waals surface area contributed by atoms with Gasteiger partial charge in [-0.15, -0.1) is 0 Å². The number of pyridine rings is 1. The van der Waals surface area contributed by atoms with Crippen LogP contribution in [0.15, 0.2) is 24.4 Å². The van der Waals surface area contributed by atoms with Gasteiger partial charge in [-0.05, 0) is 31.9 Å². The van der Waals surface area contributed by atoms with Crippen LogP contribution in [0, 0.1) is 5.92 Å². The highest BCUT2D eigenvalue weighted by Gasteiger charge is 2.35. The molecule has 128 valence electrons. The average molecular weight is 319 g/mol. The van der Waals surface area contributed by atoms with Crippen LogP contribution < -0.4 is 0 Å².